The summed E-state index contributed by atoms with van der Waals surface area (Å²) in [6, 6.07) is 7.42. The predicted molar refractivity (Wildman–Crippen MR) is 124 cm³/mol. The number of nitrogen functional groups attached to an aromatic ring is 1. The first-order valence-corrected chi connectivity index (χ1v) is 11.5. The van der Waals surface area contributed by atoms with Crippen molar-refractivity contribution in [2.45, 2.75) is 39.5 Å². The van der Waals surface area contributed by atoms with Crippen molar-refractivity contribution in [1.82, 2.24) is 20.2 Å². The zero-order valence-electron chi connectivity index (χ0n) is 17.7. The van der Waals surface area contributed by atoms with E-state index in [4.69, 9.17) is 5.73 Å². The van der Waals surface area contributed by atoms with Crippen LogP contribution >= 0.6 is 11.3 Å². The molecule has 3 aromatic rings. The molecule has 0 bridgehead atoms. The van der Waals surface area contributed by atoms with Gasteiger partial charge < -0.3 is 16.0 Å². The molecule has 0 saturated carbocycles. The van der Waals surface area contributed by atoms with Gasteiger partial charge in [0.2, 0.25) is 0 Å². The Kier molecular flexibility index (Phi) is 6.29. The van der Waals surface area contributed by atoms with Gasteiger partial charge in [0.05, 0.1) is 5.39 Å². The van der Waals surface area contributed by atoms with E-state index in [1.54, 1.807) is 11.3 Å². The molecule has 1 aromatic carbocycles. The molecule has 0 unspecified atom stereocenters. The summed E-state index contributed by atoms with van der Waals surface area (Å²) < 4.78 is 0. The van der Waals surface area contributed by atoms with Gasteiger partial charge in [-0.2, -0.15) is 0 Å². The van der Waals surface area contributed by atoms with Gasteiger partial charge in [-0.25, -0.2) is 9.97 Å². The molecule has 7 heteroatoms. The van der Waals surface area contributed by atoms with E-state index in [0.717, 1.165) is 34.3 Å². The van der Waals surface area contributed by atoms with Gasteiger partial charge in [-0.1, -0.05) is 18.6 Å². The summed E-state index contributed by atoms with van der Waals surface area (Å²) in [5.41, 5.74) is 8.84. The van der Waals surface area contributed by atoms with Crippen LogP contribution in [0.15, 0.2) is 24.3 Å². The van der Waals surface area contributed by atoms with Crippen molar-refractivity contribution in [3.63, 3.8) is 0 Å². The molecule has 4 rings (SSSR count). The molecule has 1 saturated heterocycles. The lowest BCUT2D eigenvalue weighted by atomic mass is 10.1. The van der Waals surface area contributed by atoms with Crippen molar-refractivity contribution >= 4 is 33.3 Å². The van der Waals surface area contributed by atoms with Gasteiger partial charge in [-0.3, -0.25) is 4.79 Å². The molecule has 6 nitrogen and oxygen atoms in total. The average molecular weight is 424 g/mol. The summed E-state index contributed by atoms with van der Waals surface area (Å²) in [4.78, 5) is 26.2. The molecule has 0 spiro atoms. The number of anilines is 1. The largest absolute Gasteiger partial charge is 0.383 e. The molecular formula is C23H29N5OS. The van der Waals surface area contributed by atoms with Crippen molar-refractivity contribution in [3.8, 4) is 11.4 Å². The number of carbonyl (C=O) groups excluding carboxylic acids is 1. The molecule has 1 amide bonds. The molecule has 0 atom stereocenters. The second-order valence-corrected chi connectivity index (χ2v) is 9.19. The van der Waals surface area contributed by atoms with Crippen LogP contribution in [0.3, 0.4) is 0 Å². The fourth-order valence-electron chi connectivity index (χ4n) is 3.97. The van der Waals surface area contributed by atoms with Gasteiger partial charge in [-0.15, -0.1) is 11.3 Å². The highest BCUT2D eigenvalue weighted by Gasteiger charge is 2.14. The van der Waals surface area contributed by atoms with E-state index in [9.17, 15) is 4.79 Å². The Balaban J connectivity index is 1.37. The van der Waals surface area contributed by atoms with Crippen LogP contribution in [0.25, 0.3) is 21.6 Å². The second kappa shape index (κ2) is 9.10. The van der Waals surface area contributed by atoms with Crippen molar-refractivity contribution in [3.05, 3.63) is 40.3 Å². The van der Waals surface area contributed by atoms with Gasteiger partial charge in [0.25, 0.3) is 5.91 Å². The number of benzene rings is 1. The molecule has 3 N–H and O–H groups in total. The highest BCUT2D eigenvalue weighted by molar-refractivity contribution is 7.18. The Morgan fingerprint density at radius 1 is 1.13 bits per heavy atom. The van der Waals surface area contributed by atoms with E-state index >= 15 is 0 Å². The van der Waals surface area contributed by atoms with E-state index in [1.165, 1.54) is 37.2 Å². The quantitative estimate of drug-likeness (QED) is 0.582. The van der Waals surface area contributed by atoms with Crippen molar-refractivity contribution in [2.75, 3.05) is 31.9 Å². The predicted octanol–water partition coefficient (Wildman–Crippen LogP) is 4.16. The zero-order chi connectivity index (χ0) is 21.1. The Hall–Kier alpha value is -2.51. The van der Waals surface area contributed by atoms with Gasteiger partial charge in [0, 0.05) is 22.5 Å². The molecular weight excluding hydrogens is 394 g/mol. The lowest BCUT2D eigenvalue weighted by Crippen LogP contribution is -2.33. The minimum Gasteiger partial charge on any atom is -0.383 e. The maximum atomic E-state index is 12.4. The SMILES string of the molecule is Cc1sc2nc(-c3ccc(C(=O)NCCCN4CCCCC4)cc3)nc(N)c2c1C. The third kappa shape index (κ3) is 4.47. The number of amides is 1. The van der Waals surface area contributed by atoms with Gasteiger partial charge in [0.1, 0.15) is 10.6 Å². The number of carbonyl (C=O) groups is 1. The number of aryl methyl sites for hydroxylation is 2. The first-order valence-electron chi connectivity index (χ1n) is 10.7. The van der Waals surface area contributed by atoms with E-state index < -0.39 is 0 Å². The van der Waals surface area contributed by atoms with Crippen LogP contribution < -0.4 is 11.1 Å². The van der Waals surface area contributed by atoms with Crippen molar-refractivity contribution in [1.29, 1.82) is 0 Å². The van der Waals surface area contributed by atoms with Crippen LogP contribution in [0.1, 0.15) is 46.5 Å². The van der Waals surface area contributed by atoms with Crippen LogP contribution in [0.4, 0.5) is 5.82 Å². The van der Waals surface area contributed by atoms with E-state index in [2.05, 4.69) is 27.1 Å². The van der Waals surface area contributed by atoms with Gasteiger partial charge in [-0.05, 0) is 70.4 Å². The van der Waals surface area contributed by atoms with Gasteiger partial charge in [0.15, 0.2) is 5.82 Å². The molecule has 0 aliphatic carbocycles. The van der Waals surface area contributed by atoms with Gasteiger partial charge >= 0.3 is 0 Å². The Bertz CT molecular complexity index is 1040. The summed E-state index contributed by atoms with van der Waals surface area (Å²) in [6.07, 6.45) is 4.93. The summed E-state index contributed by atoms with van der Waals surface area (Å²) >= 11 is 1.63. The maximum Gasteiger partial charge on any atom is 0.251 e. The smallest absolute Gasteiger partial charge is 0.251 e. The number of likely N-dealkylation sites (tertiary alicyclic amines) is 1. The average Bonchev–Trinajstić information content (AvgIpc) is 3.06. The summed E-state index contributed by atoms with van der Waals surface area (Å²) in [5, 5.41) is 3.97. The minimum atomic E-state index is -0.0411. The number of piperidine rings is 1. The fraction of sp³-hybridized carbons (Fsp3) is 0.435. The first kappa shape index (κ1) is 20.8. The van der Waals surface area contributed by atoms with Crippen LogP contribution in [0.5, 0.6) is 0 Å². The number of aromatic nitrogens is 2. The Labute approximate surface area is 181 Å². The standard InChI is InChI=1S/C23H29N5OS/c1-15-16(2)30-23-19(15)20(24)26-21(27-23)17-7-9-18(10-8-17)22(29)25-11-6-14-28-12-4-3-5-13-28/h7-10H,3-6,11-14H2,1-2H3,(H,25,29)(H2,24,26,27). The van der Waals surface area contributed by atoms with E-state index in [0.29, 0.717) is 23.8 Å². The summed E-state index contributed by atoms with van der Waals surface area (Å²) in [7, 11) is 0. The minimum absolute atomic E-state index is 0.0411. The Morgan fingerprint density at radius 3 is 2.60 bits per heavy atom. The molecule has 1 fully saturated rings. The number of nitrogens with one attached hydrogen (secondary N) is 1. The lowest BCUT2D eigenvalue weighted by Gasteiger charge is -2.26. The van der Waals surface area contributed by atoms with Crippen LogP contribution in [-0.4, -0.2) is 47.0 Å². The van der Waals surface area contributed by atoms with E-state index in [-0.39, 0.29) is 5.91 Å². The maximum absolute atomic E-state index is 12.4. The number of thiophene rings is 1. The number of nitrogens with zero attached hydrogens (tertiary/aromatic N) is 3. The number of hydrogen-bond acceptors (Lipinski definition) is 6. The lowest BCUT2D eigenvalue weighted by molar-refractivity contribution is 0.0951. The number of hydrogen-bond donors (Lipinski definition) is 2. The third-order valence-electron chi connectivity index (χ3n) is 5.85. The third-order valence-corrected chi connectivity index (χ3v) is 6.95. The molecule has 1 aliphatic heterocycles. The Morgan fingerprint density at radius 2 is 1.87 bits per heavy atom. The number of nitrogens with two attached hydrogens (primary N) is 1. The van der Waals surface area contributed by atoms with Crippen LogP contribution in [-0.2, 0) is 0 Å². The highest BCUT2D eigenvalue weighted by Crippen LogP contribution is 2.33. The second-order valence-electron chi connectivity index (χ2n) is 7.98. The number of fused-ring (bicyclic) bond motifs is 1. The van der Waals surface area contributed by atoms with Crippen molar-refractivity contribution < 1.29 is 4.79 Å². The van der Waals surface area contributed by atoms with Crippen LogP contribution in [0, 0.1) is 13.8 Å². The normalized spacial score (nSPS) is 14.9. The van der Waals surface area contributed by atoms with Crippen LogP contribution in [0.2, 0.25) is 0 Å². The first-order chi connectivity index (χ1) is 14.5. The molecule has 0 radical (unpaired) electrons. The highest BCUT2D eigenvalue weighted by atomic mass is 32.1. The summed E-state index contributed by atoms with van der Waals surface area (Å²) in [5.74, 6) is 1.06. The molecule has 30 heavy (non-hydrogen) atoms. The number of rotatable bonds is 6. The van der Waals surface area contributed by atoms with Crippen molar-refractivity contribution in [2.24, 2.45) is 0 Å². The molecule has 158 valence electrons. The molecule has 2 aromatic heterocycles. The summed E-state index contributed by atoms with van der Waals surface area (Å²) in [6.45, 7) is 8.26. The topological polar surface area (TPSA) is 84.1 Å². The molecule has 1 aliphatic rings. The molecule has 3 heterocycles. The zero-order valence-corrected chi connectivity index (χ0v) is 18.5. The van der Waals surface area contributed by atoms with E-state index in [1.807, 2.05) is 31.2 Å². The monoisotopic (exact) mass is 423 g/mol. The fourth-order valence-corrected chi connectivity index (χ4v) is 5.01.